The number of para-hydroxylation sites is 1. The summed E-state index contributed by atoms with van der Waals surface area (Å²) in [6, 6.07) is 20.0. The molecule has 0 N–H and O–H groups in total. The number of aromatic nitrogens is 2. The number of pyridine rings is 2. The monoisotopic (exact) mass is 438 g/mol. The zero-order valence-electron chi connectivity index (χ0n) is 19.0. The van der Waals surface area contributed by atoms with E-state index >= 15 is 0 Å². The average Bonchev–Trinajstić information content (AvgIpc) is 2.83. The maximum atomic E-state index is 14.2. The Hall–Kier alpha value is -3.60. The normalized spacial score (nSPS) is 19.1. The maximum Gasteiger partial charge on any atom is 0.264 e. The average molecular weight is 439 g/mol. The van der Waals surface area contributed by atoms with Gasteiger partial charge in [0.25, 0.3) is 5.56 Å². The summed E-state index contributed by atoms with van der Waals surface area (Å²) in [6.07, 6.45) is 1.72. The van der Waals surface area contributed by atoms with E-state index in [2.05, 4.69) is 44.0 Å². The van der Waals surface area contributed by atoms with Crippen LogP contribution in [-0.4, -0.2) is 22.8 Å². The van der Waals surface area contributed by atoms with E-state index in [9.17, 15) is 4.79 Å². The Balaban J connectivity index is 1.68. The van der Waals surface area contributed by atoms with Crippen molar-refractivity contribution in [3.8, 4) is 17.2 Å². The molecule has 0 amide bonds. The van der Waals surface area contributed by atoms with Gasteiger partial charge in [0.05, 0.1) is 29.9 Å². The van der Waals surface area contributed by atoms with Crippen molar-refractivity contribution in [1.82, 2.24) is 9.55 Å². The molecule has 4 heterocycles. The fraction of sp³-hybridized carbons (Fsp3) is 0.286. The van der Waals surface area contributed by atoms with Gasteiger partial charge in [-0.1, -0.05) is 51.1 Å². The second kappa shape index (κ2) is 7.20. The smallest absolute Gasteiger partial charge is 0.264 e. The maximum absolute atomic E-state index is 14.2. The lowest BCUT2D eigenvalue weighted by molar-refractivity contribution is 0.126. The first-order chi connectivity index (χ1) is 15.9. The molecule has 0 saturated carbocycles. The van der Waals surface area contributed by atoms with Gasteiger partial charge in [-0.2, -0.15) is 0 Å². The summed E-state index contributed by atoms with van der Waals surface area (Å²) in [4.78, 5) is 18.8. The third-order valence-corrected chi connectivity index (χ3v) is 6.82. The first kappa shape index (κ1) is 20.0. The van der Waals surface area contributed by atoms with Crippen molar-refractivity contribution in [3.63, 3.8) is 0 Å². The van der Waals surface area contributed by atoms with Gasteiger partial charge in [0.1, 0.15) is 11.5 Å². The summed E-state index contributed by atoms with van der Waals surface area (Å²) in [5, 5.41) is 0.856. The number of nitrogens with zero attached hydrogens (tertiary/aromatic N) is 2. The van der Waals surface area contributed by atoms with E-state index in [1.165, 1.54) is 5.56 Å². The standard InChI is InChI=1S/C28H26N2O3/c1-28(2,3)18-11-12-22-21(14-18)23-17(15-32-22)16-33-25-20-10-7-13-29-26(20)30(27(31)24(23)25)19-8-5-4-6-9-19/h4-14,17,23H,15-16H2,1-3H3/t17-,23+/m0/s1. The van der Waals surface area contributed by atoms with Crippen LogP contribution in [-0.2, 0) is 5.41 Å². The molecule has 166 valence electrons. The second-order valence-corrected chi connectivity index (χ2v) is 9.96. The van der Waals surface area contributed by atoms with Gasteiger partial charge in [-0.15, -0.1) is 0 Å². The third-order valence-electron chi connectivity index (χ3n) is 6.82. The lowest BCUT2D eigenvalue weighted by Crippen LogP contribution is -2.40. The van der Waals surface area contributed by atoms with Crippen LogP contribution in [0.3, 0.4) is 0 Å². The quantitative estimate of drug-likeness (QED) is 0.409. The molecule has 33 heavy (non-hydrogen) atoms. The van der Waals surface area contributed by atoms with Crippen molar-refractivity contribution in [2.24, 2.45) is 5.92 Å². The fourth-order valence-corrected chi connectivity index (χ4v) is 5.12. The summed E-state index contributed by atoms with van der Waals surface area (Å²) >= 11 is 0. The zero-order valence-corrected chi connectivity index (χ0v) is 19.0. The zero-order chi connectivity index (χ0) is 22.7. The van der Waals surface area contributed by atoms with Gasteiger partial charge in [-0.3, -0.25) is 9.36 Å². The molecule has 2 aromatic heterocycles. The molecular weight excluding hydrogens is 412 g/mol. The third kappa shape index (κ3) is 3.06. The topological polar surface area (TPSA) is 53.4 Å². The molecule has 4 aromatic rings. The van der Waals surface area contributed by atoms with Crippen LogP contribution in [0, 0.1) is 5.92 Å². The van der Waals surface area contributed by atoms with E-state index in [1.54, 1.807) is 10.8 Å². The molecule has 2 atom stereocenters. The van der Waals surface area contributed by atoms with Crippen molar-refractivity contribution in [2.45, 2.75) is 32.1 Å². The predicted molar refractivity (Wildman–Crippen MR) is 129 cm³/mol. The van der Waals surface area contributed by atoms with Crippen molar-refractivity contribution >= 4 is 11.0 Å². The van der Waals surface area contributed by atoms with Gasteiger partial charge in [-0.25, -0.2) is 4.98 Å². The summed E-state index contributed by atoms with van der Waals surface area (Å²) in [5.41, 5.74) is 4.33. The Morgan fingerprint density at radius 3 is 2.55 bits per heavy atom. The molecule has 0 radical (unpaired) electrons. The summed E-state index contributed by atoms with van der Waals surface area (Å²) in [7, 11) is 0. The van der Waals surface area contributed by atoms with E-state index in [0.717, 1.165) is 22.4 Å². The van der Waals surface area contributed by atoms with Crippen LogP contribution in [0.2, 0.25) is 0 Å². The highest BCUT2D eigenvalue weighted by molar-refractivity contribution is 5.86. The molecule has 0 spiro atoms. The lowest BCUT2D eigenvalue weighted by Gasteiger charge is -2.39. The Morgan fingerprint density at radius 1 is 0.970 bits per heavy atom. The van der Waals surface area contributed by atoms with Crippen LogP contribution in [0.1, 0.15) is 43.4 Å². The first-order valence-electron chi connectivity index (χ1n) is 11.4. The van der Waals surface area contributed by atoms with E-state index in [-0.39, 0.29) is 22.8 Å². The highest BCUT2D eigenvalue weighted by Crippen LogP contribution is 2.48. The predicted octanol–water partition coefficient (Wildman–Crippen LogP) is 5.22. The van der Waals surface area contributed by atoms with Crippen molar-refractivity contribution < 1.29 is 9.47 Å². The molecule has 5 heteroatoms. The molecule has 2 aromatic carbocycles. The van der Waals surface area contributed by atoms with Gasteiger partial charge in [-0.05, 0) is 41.3 Å². The van der Waals surface area contributed by atoms with Crippen LogP contribution in [0.15, 0.2) is 71.7 Å². The SMILES string of the molecule is CC(C)(C)c1ccc2c(c1)[C@@H]1c3c(c4cccnc4n(-c4ccccc4)c3=O)OC[C@@H]1CO2. The van der Waals surface area contributed by atoms with Crippen molar-refractivity contribution in [3.05, 3.63) is 93.9 Å². The van der Waals surface area contributed by atoms with Crippen LogP contribution < -0.4 is 15.0 Å². The Kier molecular flexibility index (Phi) is 4.37. The van der Waals surface area contributed by atoms with Crippen LogP contribution in [0.5, 0.6) is 11.5 Å². The van der Waals surface area contributed by atoms with Gasteiger partial charge in [0, 0.05) is 23.6 Å². The summed E-state index contributed by atoms with van der Waals surface area (Å²) in [6.45, 7) is 7.65. The number of rotatable bonds is 1. The second-order valence-electron chi connectivity index (χ2n) is 9.96. The molecule has 0 saturated heterocycles. The fourth-order valence-electron chi connectivity index (χ4n) is 5.12. The number of benzene rings is 2. The van der Waals surface area contributed by atoms with Gasteiger partial charge in [0.15, 0.2) is 5.65 Å². The molecule has 0 aliphatic carbocycles. The molecule has 5 nitrogen and oxygen atoms in total. The van der Waals surface area contributed by atoms with E-state index in [1.807, 2.05) is 42.5 Å². The Bertz CT molecular complexity index is 1430. The minimum atomic E-state index is -0.0909. The number of fused-ring (bicyclic) bond motifs is 7. The highest BCUT2D eigenvalue weighted by Gasteiger charge is 2.41. The molecule has 0 fully saturated rings. The molecule has 0 unspecified atom stereocenters. The van der Waals surface area contributed by atoms with Gasteiger partial charge in [0.2, 0.25) is 0 Å². The first-order valence-corrected chi connectivity index (χ1v) is 11.4. The molecule has 2 aliphatic rings. The van der Waals surface area contributed by atoms with E-state index < -0.39 is 0 Å². The summed E-state index contributed by atoms with van der Waals surface area (Å²) in [5.74, 6) is 1.50. The van der Waals surface area contributed by atoms with Crippen molar-refractivity contribution in [1.29, 1.82) is 0 Å². The van der Waals surface area contributed by atoms with E-state index in [0.29, 0.717) is 30.2 Å². The Morgan fingerprint density at radius 2 is 1.76 bits per heavy atom. The molecule has 0 bridgehead atoms. The minimum Gasteiger partial charge on any atom is -0.493 e. The largest absolute Gasteiger partial charge is 0.493 e. The Labute approximate surface area is 192 Å². The number of hydrogen-bond acceptors (Lipinski definition) is 4. The molecule has 2 aliphatic heterocycles. The summed E-state index contributed by atoms with van der Waals surface area (Å²) < 4.78 is 14.1. The number of hydrogen-bond donors (Lipinski definition) is 0. The molecular formula is C28H26N2O3. The van der Waals surface area contributed by atoms with Crippen LogP contribution >= 0.6 is 0 Å². The number of ether oxygens (including phenoxy) is 2. The van der Waals surface area contributed by atoms with Crippen LogP contribution in [0.4, 0.5) is 0 Å². The van der Waals surface area contributed by atoms with Gasteiger partial charge >= 0.3 is 0 Å². The van der Waals surface area contributed by atoms with Crippen molar-refractivity contribution in [2.75, 3.05) is 13.2 Å². The molecule has 6 rings (SSSR count). The lowest BCUT2D eigenvalue weighted by atomic mass is 9.75. The highest BCUT2D eigenvalue weighted by atomic mass is 16.5. The minimum absolute atomic E-state index is 0.00643. The van der Waals surface area contributed by atoms with Gasteiger partial charge < -0.3 is 9.47 Å². The van der Waals surface area contributed by atoms with Crippen LogP contribution in [0.25, 0.3) is 16.7 Å². The van der Waals surface area contributed by atoms with E-state index in [4.69, 9.17) is 9.47 Å².